The van der Waals surface area contributed by atoms with Gasteiger partial charge < -0.3 is 20.9 Å². The molecule has 1 amide bonds. The molecule has 0 bridgehead atoms. The van der Waals surface area contributed by atoms with E-state index in [1.165, 1.54) is 0 Å². The average Bonchev–Trinajstić information content (AvgIpc) is 2.48. The molecule has 1 atom stereocenters. The van der Waals surface area contributed by atoms with E-state index in [4.69, 9.17) is 15.6 Å². The van der Waals surface area contributed by atoms with Gasteiger partial charge in [0.15, 0.2) is 0 Å². The van der Waals surface area contributed by atoms with Gasteiger partial charge >= 0.3 is 5.97 Å². The molecule has 0 aliphatic carbocycles. The number of benzene rings is 1. The maximum atomic E-state index is 12.2. The van der Waals surface area contributed by atoms with Crippen molar-refractivity contribution >= 4 is 17.6 Å². The average molecular weight is 292 g/mol. The number of carbonyl (C=O) groups is 2. The topological polar surface area (TPSA) is 102 Å². The van der Waals surface area contributed by atoms with E-state index >= 15 is 0 Å². The zero-order chi connectivity index (χ0) is 15.2. The van der Waals surface area contributed by atoms with Crippen LogP contribution in [0.2, 0.25) is 0 Å². The SMILES string of the molecule is Nc1ccc([C@@H](CC(=O)O)NC(=O)C2CCOCC2)cc1. The van der Waals surface area contributed by atoms with Crippen molar-refractivity contribution in [2.75, 3.05) is 18.9 Å². The van der Waals surface area contributed by atoms with Gasteiger partial charge in [0.1, 0.15) is 0 Å². The van der Waals surface area contributed by atoms with Crippen LogP contribution in [0.1, 0.15) is 30.9 Å². The number of anilines is 1. The number of carboxylic acid groups (broad SMARTS) is 1. The minimum absolute atomic E-state index is 0.108. The normalized spacial score (nSPS) is 17.1. The Kier molecular flexibility index (Phi) is 5.16. The number of amides is 1. The summed E-state index contributed by atoms with van der Waals surface area (Å²) in [7, 11) is 0. The summed E-state index contributed by atoms with van der Waals surface area (Å²) in [6.07, 6.45) is 1.19. The van der Waals surface area contributed by atoms with Gasteiger partial charge in [0.05, 0.1) is 12.5 Å². The molecule has 1 fully saturated rings. The number of rotatable bonds is 5. The number of aliphatic carboxylic acids is 1. The summed E-state index contributed by atoms with van der Waals surface area (Å²) in [5.41, 5.74) is 6.97. The molecule has 0 unspecified atom stereocenters. The lowest BCUT2D eigenvalue weighted by Crippen LogP contribution is -2.37. The Morgan fingerprint density at radius 1 is 1.29 bits per heavy atom. The number of hydrogen-bond acceptors (Lipinski definition) is 4. The molecule has 1 heterocycles. The van der Waals surface area contributed by atoms with Crippen LogP contribution >= 0.6 is 0 Å². The van der Waals surface area contributed by atoms with E-state index in [0.29, 0.717) is 31.7 Å². The first-order chi connectivity index (χ1) is 10.1. The van der Waals surface area contributed by atoms with Crippen LogP contribution in [0.5, 0.6) is 0 Å². The second kappa shape index (κ2) is 7.08. The molecule has 6 heteroatoms. The molecule has 1 saturated heterocycles. The molecule has 4 N–H and O–H groups in total. The van der Waals surface area contributed by atoms with E-state index in [0.717, 1.165) is 5.56 Å². The molecular formula is C15H20N2O4. The van der Waals surface area contributed by atoms with E-state index in [1.54, 1.807) is 24.3 Å². The Balaban J connectivity index is 2.06. The lowest BCUT2D eigenvalue weighted by molar-refractivity contribution is -0.138. The van der Waals surface area contributed by atoms with Gasteiger partial charge in [-0.3, -0.25) is 9.59 Å². The van der Waals surface area contributed by atoms with Crippen molar-refractivity contribution in [3.63, 3.8) is 0 Å². The first-order valence-electron chi connectivity index (χ1n) is 7.01. The van der Waals surface area contributed by atoms with Crippen molar-refractivity contribution in [2.45, 2.75) is 25.3 Å². The standard InChI is InChI=1S/C15H20N2O4/c16-12-3-1-10(2-4-12)13(9-14(18)19)17-15(20)11-5-7-21-8-6-11/h1-4,11,13H,5-9,16H2,(H,17,20)(H,18,19)/t13-/m1/s1. The third-order valence-electron chi connectivity index (χ3n) is 3.63. The predicted octanol–water partition coefficient (Wildman–Crippen LogP) is 1.33. The van der Waals surface area contributed by atoms with E-state index in [2.05, 4.69) is 5.32 Å². The number of hydrogen-bond donors (Lipinski definition) is 3. The van der Waals surface area contributed by atoms with Crippen LogP contribution < -0.4 is 11.1 Å². The number of nitrogen functional groups attached to an aromatic ring is 1. The van der Waals surface area contributed by atoms with Gasteiger partial charge in [-0.15, -0.1) is 0 Å². The monoisotopic (exact) mass is 292 g/mol. The third kappa shape index (κ3) is 4.46. The van der Waals surface area contributed by atoms with Gasteiger partial charge in [0.2, 0.25) is 5.91 Å². The largest absolute Gasteiger partial charge is 0.481 e. The molecule has 114 valence electrons. The van der Waals surface area contributed by atoms with Crippen molar-refractivity contribution in [2.24, 2.45) is 5.92 Å². The van der Waals surface area contributed by atoms with E-state index in [9.17, 15) is 9.59 Å². The van der Waals surface area contributed by atoms with Crippen molar-refractivity contribution in [1.82, 2.24) is 5.32 Å². The molecule has 6 nitrogen and oxygen atoms in total. The van der Waals surface area contributed by atoms with Gasteiger partial charge in [0.25, 0.3) is 0 Å². The summed E-state index contributed by atoms with van der Waals surface area (Å²) in [5, 5.41) is 11.9. The number of carbonyl (C=O) groups excluding carboxylic acids is 1. The number of ether oxygens (including phenoxy) is 1. The fourth-order valence-electron chi connectivity index (χ4n) is 2.40. The van der Waals surface area contributed by atoms with E-state index < -0.39 is 12.0 Å². The van der Waals surface area contributed by atoms with Crippen molar-refractivity contribution in [1.29, 1.82) is 0 Å². The van der Waals surface area contributed by atoms with Crippen molar-refractivity contribution < 1.29 is 19.4 Å². The zero-order valence-electron chi connectivity index (χ0n) is 11.7. The van der Waals surface area contributed by atoms with Crippen LogP contribution in [0.3, 0.4) is 0 Å². The molecule has 1 aliphatic heterocycles. The van der Waals surface area contributed by atoms with Crippen LogP contribution in [0.15, 0.2) is 24.3 Å². The highest BCUT2D eigenvalue weighted by atomic mass is 16.5. The minimum Gasteiger partial charge on any atom is -0.481 e. The first-order valence-corrected chi connectivity index (χ1v) is 7.01. The first kappa shape index (κ1) is 15.3. The second-order valence-electron chi connectivity index (χ2n) is 5.21. The van der Waals surface area contributed by atoms with Gasteiger partial charge in [-0.05, 0) is 30.5 Å². The van der Waals surface area contributed by atoms with Crippen molar-refractivity contribution in [3.8, 4) is 0 Å². The number of nitrogens with two attached hydrogens (primary N) is 1. The molecule has 1 aromatic carbocycles. The Morgan fingerprint density at radius 3 is 2.48 bits per heavy atom. The number of nitrogens with one attached hydrogen (secondary N) is 1. The smallest absolute Gasteiger partial charge is 0.305 e. The minimum atomic E-state index is -0.955. The molecule has 0 aromatic heterocycles. The summed E-state index contributed by atoms with van der Waals surface area (Å²) in [6.45, 7) is 1.15. The van der Waals surface area contributed by atoms with Gasteiger partial charge in [-0.2, -0.15) is 0 Å². The van der Waals surface area contributed by atoms with Gasteiger partial charge in [-0.25, -0.2) is 0 Å². The quantitative estimate of drug-likeness (QED) is 0.711. The third-order valence-corrected chi connectivity index (χ3v) is 3.63. The number of carboxylic acids is 1. The molecule has 0 radical (unpaired) electrons. The van der Waals surface area contributed by atoms with Gasteiger partial charge in [-0.1, -0.05) is 12.1 Å². The molecular weight excluding hydrogens is 272 g/mol. The van der Waals surface area contributed by atoms with Crippen molar-refractivity contribution in [3.05, 3.63) is 29.8 Å². The Morgan fingerprint density at radius 2 is 1.90 bits per heavy atom. The van der Waals surface area contributed by atoms with Crippen LogP contribution in [0.25, 0.3) is 0 Å². The fourth-order valence-corrected chi connectivity index (χ4v) is 2.40. The van der Waals surface area contributed by atoms with Crippen LogP contribution in [0, 0.1) is 5.92 Å². The molecule has 1 aliphatic rings. The van der Waals surface area contributed by atoms with Crippen LogP contribution in [0.4, 0.5) is 5.69 Å². The van der Waals surface area contributed by atoms with Crippen LogP contribution in [-0.2, 0) is 14.3 Å². The Bertz CT molecular complexity index is 495. The molecule has 0 saturated carbocycles. The van der Waals surface area contributed by atoms with Crippen LogP contribution in [-0.4, -0.2) is 30.2 Å². The maximum absolute atomic E-state index is 12.2. The highest BCUT2D eigenvalue weighted by Crippen LogP contribution is 2.21. The van der Waals surface area contributed by atoms with E-state index in [1.807, 2.05) is 0 Å². The Labute approximate surface area is 123 Å². The lowest BCUT2D eigenvalue weighted by Gasteiger charge is -2.24. The van der Waals surface area contributed by atoms with E-state index in [-0.39, 0.29) is 18.2 Å². The molecule has 21 heavy (non-hydrogen) atoms. The summed E-state index contributed by atoms with van der Waals surface area (Å²) in [5.74, 6) is -1.17. The zero-order valence-corrected chi connectivity index (χ0v) is 11.7. The highest BCUT2D eigenvalue weighted by Gasteiger charge is 2.25. The summed E-state index contributed by atoms with van der Waals surface area (Å²) < 4.78 is 5.23. The summed E-state index contributed by atoms with van der Waals surface area (Å²) >= 11 is 0. The summed E-state index contributed by atoms with van der Waals surface area (Å²) in [4.78, 5) is 23.3. The Hall–Kier alpha value is -2.08. The van der Waals surface area contributed by atoms with Gasteiger partial charge in [0, 0.05) is 24.8 Å². The lowest BCUT2D eigenvalue weighted by atomic mass is 9.97. The maximum Gasteiger partial charge on any atom is 0.305 e. The molecule has 1 aromatic rings. The molecule has 2 rings (SSSR count). The second-order valence-corrected chi connectivity index (χ2v) is 5.21. The summed E-state index contributed by atoms with van der Waals surface area (Å²) in [6, 6.07) is 6.34. The predicted molar refractivity (Wildman–Crippen MR) is 77.5 cm³/mol. The fraction of sp³-hybridized carbons (Fsp3) is 0.467. The highest BCUT2D eigenvalue weighted by molar-refractivity contribution is 5.80. The molecule has 0 spiro atoms.